The van der Waals surface area contributed by atoms with Crippen molar-refractivity contribution in [3.63, 3.8) is 0 Å². The summed E-state index contributed by atoms with van der Waals surface area (Å²) < 4.78 is 33.5. The van der Waals surface area contributed by atoms with Crippen LogP contribution in [0.5, 0.6) is 0 Å². The van der Waals surface area contributed by atoms with Crippen LogP contribution >= 0.6 is 0 Å². The Morgan fingerprint density at radius 3 is 2.52 bits per heavy atom. The number of hydrogen-bond acceptors (Lipinski definition) is 4. The molecule has 1 N–H and O–H groups in total. The highest BCUT2D eigenvalue weighted by Crippen LogP contribution is 2.38. The molecule has 0 aromatic heterocycles. The Hall–Kier alpha value is -0.950. The van der Waals surface area contributed by atoms with Crippen LogP contribution in [0, 0.1) is 6.92 Å². The van der Waals surface area contributed by atoms with Crippen molar-refractivity contribution in [2.24, 2.45) is 0 Å². The normalized spacial score (nSPS) is 26.3. The van der Waals surface area contributed by atoms with E-state index in [2.05, 4.69) is 0 Å². The first-order chi connectivity index (χ1) is 10.9. The summed E-state index contributed by atoms with van der Waals surface area (Å²) in [7, 11) is -3.72. The molecule has 1 aliphatic heterocycles. The number of benzene rings is 1. The Kier molecular flexibility index (Phi) is 5.84. The molecule has 2 unspecified atom stereocenters. The van der Waals surface area contributed by atoms with Gasteiger partial charge in [0, 0.05) is 13.2 Å². The van der Waals surface area contributed by atoms with Gasteiger partial charge in [-0.1, -0.05) is 31.0 Å². The molecule has 0 radical (unpaired) electrons. The number of hydrogen-bond donors (Lipinski definition) is 1. The van der Waals surface area contributed by atoms with Gasteiger partial charge in [0.2, 0.25) is 10.0 Å². The van der Waals surface area contributed by atoms with E-state index in [0.29, 0.717) is 32.4 Å². The number of ether oxygens (including phenoxy) is 1. The summed E-state index contributed by atoms with van der Waals surface area (Å²) in [5.74, 6) is 0. The SMILES string of the molecule is CCCC1(OCC)C(O)CCCN1S(=O)(=O)c1ccc(C)cc1. The summed E-state index contributed by atoms with van der Waals surface area (Å²) >= 11 is 0. The molecule has 5 nitrogen and oxygen atoms in total. The molecule has 1 fully saturated rings. The highest BCUT2D eigenvalue weighted by molar-refractivity contribution is 7.89. The van der Waals surface area contributed by atoms with Crippen LogP contribution in [0.2, 0.25) is 0 Å². The van der Waals surface area contributed by atoms with E-state index in [-0.39, 0.29) is 4.90 Å². The van der Waals surface area contributed by atoms with Crippen molar-refractivity contribution in [1.29, 1.82) is 0 Å². The van der Waals surface area contributed by atoms with Crippen LogP contribution in [-0.2, 0) is 14.8 Å². The van der Waals surface area contributed by atoms with Crippen LogP contribution in [0.3, 0.4) is 0 Å². The first-order valence-electron chi connectivity index (χ1n) is 8.30. The molecular formula is C17H27NO4S. The lowest BCUT2D eigenvalue weighted by Gasteiger charge is -2.48. The predicted molar refractivity (Wildman–Crippen MR) is 89.6 cm³/mol. The van der Waals surface area contributed by atoms with E-state index in [0.717, 1.165) is 12.0 Å². The smallest absolute Gasteiger partial charge is 0.245 e. The largest absolute Gasteiger partial charge is 0.389 e. The Morgan fingerprint density at radius 2 is 1.96 bits per heavy atom. The average molecular weight is 341 g/mol. The van der Waals surface area contributed by atoms with E-state index in [1.165, 1.54) is 4.31 Å². The van der Waals surface area contributed by atoms with Gasteiger partial charge in [-0.3, -0.25) is 0 Å². The maximum Gasteiger partial charge on any atom is 0.245 e. The summed E-state index contributed by atoms with van der Waals surface area (Å²) in [4.78, 5) is 0.248. The Labute approximate surface area is 139 Å². The lowest BCUT2D eigenvalue weighted by Crippen LogP contribution is -2.63. The van der Waals surface area contributed by atoms with Crippen molar-refractivity contribution in [1.82, 2.24) is 4.31 Å². The standard InChI is InChI=1S/C17H27NO4S/c1-4-12-17(22-5-2)16(19)7-6-13-18(17)23(20,21)15-10-8-14(3)9-11-15/h8-11,16,19H,4-7,12-13H2,1-3H3. The van der Waals surface area contributed by atoms with E-state index >= 15 is 0 Å². The quantitative estimate of drug-likeness (QED) is 0.864. The molecule has 0 amide bonds. The Morgan fingerprint density at radius 1 is 1.30 bits per heavy atom. The van der Waals surface area contributed by atoms with Gasteiger partial charge in [-0.2, -0.15) is 4.31 Å². The molecule has 1 aromatic rings. The number of aliphatic hydroxyl groups excluding tert-OH is 1. The minimum atomic E-state index is -3.72. The highest BCUT2D eigenvalue weighted by Gasteiger charge is 2.51. The van der Waals surface area contributed by atoms with Crippen molar-refractivity contribution in [3.8, 4) is 0 Å². The van der Waals surface area contributed by atoms with Crippen molar-refractivity contribution in [2.45, 2.75) is 63.2 Å². The van der Waals surface area contributed by atoms with E-state index in [1.54, 1.807) is 24.3 Å². The molecule has 6 heteroatoms. The van der Waals surface area contributed by atoms with Crippen LogP contribution in [-0.4, -0.2) is 42.8 Å². The molecule has 0 saturated carbocycles. The second-order valence-electron chi connectivity index (χ2n) is 6.08. The first kappa shape index (κ1) is 18.4. The van der Waals surface area contributed by atoms with Crippen LogP contribution < -0.4 is 0 Å². The monoisotopic (exact) mass is 341 g/mol. The zero-order chi connectivity index (χ0) is 17.1. The second-order valence-corrected chi connectivity index (χ2v) is 7.94. The minimum Gasteiger partial charge on any atom is -0.389 e. The zero-order valence-corrected chi connectivity index (χ0v) is 15.0. The number of sulfonamides is 1. The number of rotatable bonds is 6. The predicted octanol–water partition coefficient (Wildman–Crippen LogP) is 2.67. The number of aryl methyl sites for hydroxylation is 1. The Bertz CT molecular complexity index is 606. The number of aliphatic hydroxyl groups is 1. The second kappa shape index (κ2) is 7.30. The summed E-state index contributed by atoms with van der Waals surface area (Å²) in [5.41, 5.74) is -0.155. The maximum atomic E-state index is 13.1. The van der Waals surface area contributed by atoms with Gasteiger partial charge in [-0.25, -0.2) is 8.42 Å². The summed E-state index contributed by atoms with van der Waals surface area (Å²) in [6.07, 6.45) is 1.59. The number of piperidine rings is 1. The van der Waals surface area contributed by atoms with Gasteiger partial charge in [0.25, 0.3) is 0 Å². The molecule has 0 bridgehead atoms. The van der Waals surface area contributed by atoms with E-state index in [9.17, 15) is 13.5 Å². The molecule has 130 valence electrons. The van der Waals surface area contributed by atoms with Gasteiger partial charge in [-0.05, 0) is 45.2 Å². The Balaban J connectivity index is 2.49. The van der Waals surface area contributed by atoms with E-state index in [4.69, 9.17) is 4.74 Å². The molecule has 0 spiro atoms. The third kappa shape index (κ3) is 3.45. The fourth-order valence-electron chi connectivity index (χ4n) is 3.31. The maximum absolute atomic E-state index is 13.1. The van der Waals surface area contributed by atoms with Crippen LogP contribution in [0.15, 0.2) is 29.2 Å². The summed E-state index contributed by atoms with van der Waals surface area (Å²) in [6.45, 7) is 6.45. The summed E-state index contributed by atoms with van der Waals surface area (Å²) in [5, 5.41) is 10.6. The van der Waals surface area contributed by atoms with Crippen LogP contribution in [0.25, 0.3) is 0 Å². The fraction of sp³-hybridized carbons (Fsp3) is 0.647. The van der Waals surface area contributed by atoms with E-state index in [1.807, 2.05) is 20.8 Å². The third-order valence-electron chi connectivity index (χ3n) is 4.39. The van der Waals surface area contributed by atoms with Crippen LogP contribution in [0.1, 0.15) is 45.1 Å². The van der Waals surface area contributed by atoms with Gasteiger partial charge in [-0.15, -0.1) is 0 Å². The van der Waals surface area contributed by atoms with E-state index < -0.39 is 21.9 Å². The van der Waals surface area contributed by atoms with Crippen LogP contribution in [0.4, 0.5) is 0 Å². The van der Waals surface area contributed by atoms with Gasteiger partial charge >= 0.3 is 0 Å². The van der Waals surface area contributed by atoms with Gasteiger partial charge in [0.1, 0.15) is 0 Å². The lowest BCUT2D eigenvalue weighted by atomic mass is 9.93. The zero-order valence-electron chi connectivity index (χ0n) is 14.2. The molecular weight excluding hydrogens is 314 g/mol. The molecule has 1 aromatic carbocycles. The van der Waals surface area contributed by atoms with Crippen molar-refractivity contribution >= 4 is 10.0 Å². The molecule has 2 atom stereocenters. The minimum absolute atomic E-state index is 0.248. The molecule has 1 heterocycles. The first-order valence-corrected chi connectivity index (χ1v) is 9.74. The van der Waals surface area contributed by atoms with Crippen molar-refractivity contribution < 1.29 is 18.3 Å². The molecule has 1 aliphatic rings. The van der Waals surface area contributed by atoms with Crippen molar-refractivity contribution in [3.05, 3.63) is 29.8 Å². The van der Waals surface area contributed by atoms with Gasteiger partial charge in [0.05, 0.1) is 11.0 Å². The molecule has 1 saturated heterocycles. The summed E-state index contributed by atoms with van der Waals surface area (Å²) in [6, 6.07) is 6.81. The van der Waals surface area contributed by atoms with Gasteiger partial charge in [0.15, 0.2) is 5.72 Å². The third-order valence-corrected chi connectivity index (χ3v) is 6.33. The molecule has 23 heavy (non-hydrogen) atoms. The average Bonchev–Trinajstić information content (AvgIpc) is 2.51. The molecule has 0 aliphatic carbocycles. The number of nitrogens with zero attached hydrogens (tertiary/aromatic N) is 1. The van der Waals surface area contributed by atoms with Crippen molar-refractivity contribution in [2.75, 3.05) is 13.2 Å². The fourth-order valence-corrected chi connectivity index (χ4v) is 5.09. The topological polar surface area (TPSA) is 66.8 Å². The lowest BCUT2D eigenvalue weighted by molar-refractivity contribution is -0.202. The molecule has 2 rings (SSSR count). The highest BCUT2D eigenvalue weighted by atomic mass is 32.2. The van der Waals surface area contributed by atoms with Gasteiger partial charge < -0.3 is 9.84 Å².